The first kappa shape index (κ1) is 15.4. The van der Waals surface area contributed by atoms with Crippen LogP contribution in [0, 0.1) is 11.3 Å². The molecule has 0 saturated carbocycles. The highest BCUT2D eigenvalue weighted by Crippen LogP contribution is 2.24. The second-order valence-corrected chi connectivity index (χ2v) is 6.72. The number of rotatable bonds is 4. The number of benzene rings is 1. The molecule has 0 fully saturated rings. The third-order valence-electron chi connectivity index (χ3n) is 2.73. The van der Waals surface area contributed by atoms with E-state index in [1.165, 1.54) is 24.4 Å². The van der Waals surface area contributed by atoms with Gasteiger partial charge in [-0.3, -0.25) is 9.40 Å². The fourth-order valence-electron chi connectivity index (χ4n) is 1.67. The third-order valence-corrected chi connectivity index (χ3v) is 4.60. The van der Waals surface area contributed by atoms with E-state index in [1.54, 1.807) is 10.9 Å². The lowest BCUT2D eigenvalue weighted by molar-refractivity contribution is 0.532. The van der Waals surface area contributed by atoms with Gasteiger partial charge < -0.3 is 0 Å². The largest absolute Gasteiger partial charge is 0.276 e. The van der Waals surface area contributed by atoms with Crippen molar-refractivity contribution < 1.29 is 8.42 Å². The van der Waals surface area contributed by atoms with Crippen LogP contribution in [0.15, 0.2) is 35.5 Å². The van der Waals surface area contributed by atoms with Gasteiger partial charge in [0.25, 0.3) is 10.0 Å². The van der Waals surface area contributed by atoms with E-state index in [4.69, 9.17) is 16.9 Å². The van der Waals surface area contributed by atoms with Gasteiger partial charge in [0.05, 0.1) is 28.5 Å². The molecule has 0 bridgehead atoms. The van der Waals surface area contributed by atoms with E-state index < -0.39 is 10.0 Å². The van der Waals surface area contributed by atoms with E-state index in [0.29, 0.717) is 11.3 Å². The van der Waals surface area contributed by atoms with Gasteiger partial charge in [-0.1, -0.05) is 11.6 Å². The highest BCUT2D eigenvalue weighted by atomic mass is 35.5. The van der Waals surface area contributed by atoms with Crippen LogP contribution in [0.5, 0.6) is 0 Å². The van der Waals surface area contributed by atoms with Gasteiger partial charge in [0.1, 0.15) is 4.90 Å². The summed E-state index contributed by atoms with van der Waals surface area (Å²) in [6.45, 7) is 3.87. The normalized spacial score (nSPS) is 11.4. The molecular formula is C13H13ClN4O2S. The van der Waals surface area contributed by atoms with E-state index in [-0.39, 0.29) is 16.0 Å². The Morgan fingerprint density at radius 1 is 1.43 bits per heavy atom. The van der Waals surface area contributed by atoms with Crippen molar-refractivity contribution in [2.24, 2.45) is 0 Å². The summed E-state index contributed by atoms with van der Waals surface area (Å²) >= 11 is 5.92. The molecule has 0 aliphatic heterocycles. The monoisotopic (exact) mass is 324 g/mol. The van der Waals surface area contributed by atoms with Gasteiger partial charge in [0, 0.05) is 12.2 Å². The summed E-state index contributed by atoms with van der Waals surface area (Å²) < 4.78 is 28.6. The number of nitriles is 1. The Morgan fingerprint density at radius 3 is 2.67 bits per heavy atom. The van der Waals surface area contributed by atoms with Crippen molar-refractivity contribution in [3.05, 3.63) is 41.2 Å². The zero-order valence-electron chi connectivity index (χ0n) is 11.4. The highest BCUT2D eigenvalue weighted by molar-refractivity contribution is 7.92. The van der Waals surface area contributed by atoms with Gasteiger partial charge in [0.2, 0.25) is 0 Å². The fraction of sp³-hybridized carbons (Fsp3) is 0.231. The van der Waals surface area contributed by atoms with Crippen LogP contribution in [0.25, 0.3) is 0 Å². The first-order valence-corrected chi connectivity index (χ1v) is 7.96. The van der Waals surface area contributed by atoms with E-state index >= 15 is 0 Å². The number of anilines is 1. The van der Waals surface area contributed by atoms with Crippen molar-refractivity contribution in [2.45, 2.75) is 24.8 Å². The first-order chi connectivity index (χ1) is 9.83. The van der Waals surface area contributed by atoms with E-state index in [1.807, 2.05) is 19.9 Å². The second kappa shape index (κ2) is 5.76. The second-order valence-electron chi connectivity index (χ2n) is 4.67. The number of halogens is 1. The lowest BCUT2D eigenvalue weighted by Crippen LogP contribution is -2.13. The summed E-state index contributed by atoms with van der Waals surface area (Å²) in [5, 5.41) is 12.8. The molecule has 21 heavy (non-hydrogen) atoms. The number of hydrogen-bond acceptors (Lipinski definition) is 4. The number of hydrogen-bond donors (Lipinski definition) is 1. The van der Waals surface area contributed by atoms with Crippen molar-refractivity contribution in [3.63, 3.8) is 0 Å². The number of aromatic nitrogens is 2. The minimum Gasteiger partial charge on any atom is -0.276 e. The molecule has 6 nitrogen and oxygen atoms in total. The van der Waals surface area contributed by atoms with Crippen LogP contribution in [-0.2, 0) is 10.0 Å². The standard InChI is InChI=1S/C13H13ClN4O2S/c1-9(2)18-8-11(7-16-18)17-21(19,20)13-4-3-10(6-15)5-12(13)14/h3-5,7-9,17H,1-2H3. The zero-order chi connectivity index (χ0) is 15.6. The third kappa shape index (κ3) is 3.35. The first-order valence-electron chi connectivity index (χ1n) is 6.10. The quantitative estimate of drug-likeness (QED) is 0.936. The van der Waals surface area contributed by atoms with Crippen molar-refractivity contribution >= 4 is 27.3 Å². The van der Waals surface area contributed by atoms with Crippen LogP contribution in [0.2, 0.25) is 5.02 Å². The Hall–Kier alpha value is -2.04. The van der Waals surface area contributed by atoms with Gasteiger partial charge in [-0.25, -0.2) is 8.42 Å². The molecule has 0 amide bonds. The van der Waals surface area contributed by atoms with E-state index in [9.17, 15) is 8.42 Å². The van der Waals surface area contributed by atoms with Crippen LogP contribution >= 0.6 is 11.6 Å². The molecule has 0 aliphatic rings. The van der Waals surface area contributed by atoms with Gasteiger partial charge in [-0.05, 0) is 32.0 Å². The number of nitrogens with one attached hydrogen (secondary N) is 1. The van der Waals surface area contributed by atoms with E-state index in [0.717, 1.165) is 0 Å². The molecule has 0 spiro atoms. The Kier molecular flexibility index (Phi) is 4.21. The zero-order valence-corrected chi connectivity index (χ0v) is 13.0. The molecule has 1 aromatic carbocycles. The summed E-state index contributed by atoms with van der Waals surface area (Å²) in [4.78, 5) is -0.0829. The van der Waals surface area contributed by atoms with E-state index in [2.05, 4.69) is 9.82 Å². The molecular weight excluding hydrogens is 312 g/mol. The van der Waals surface area contributed by atoms with Crippen LogP contribution in [0.4, 0.5) is 5.69 Å². The lowest BCUT2D eigenvalue weighted by atomic mass is 10.2. The molecule has 0 unspecified atom stereocenters. The maximum atomic E-state index is 12.3. The molecule has 1 aromatic heterocycles. The topological polar surface area (TPSA) is 87.8 Å². The smallest absolute Gasteiger partial charge is 0.263 e. The maximum Gasteiger partial charge on any atom is 0.263 e. The van der Waals surface area contributed by atoms with Gasteiger partial charge in [0.15, 0.2) is 0 Å². The van der Waals surface area contributed by atoms with Crippen LogP contribution in [0.1, 0.15) is 25.5 Å². The minimum atomic E-state index is -3.83. The molecule has 0 aliphatic carbocycles. The number of sulfonamides is 1. The number of nitrogens with zero attached hydrogens (tertiary/aromatic N) is 3. The average Bonchev–Trinajstić information content (AvgIpc) is 2.86. The maximum absolute atomic E-state index is 12.3. The predicted octanol–water partition coefficient (Wildman–Crippen LogP) is 2.79. The molecule has 1 heterocycles. The lowest BCUT2D eigenvalue weighted by Gasteiger charge is -2.08. The van der Waals surface area contributed by atoms with Gasteiger partial charge in [-0.15, -0.1) is 0 Å². The van der Waals surface area contributed by atoms with Crippen LogP contribution in [0.3, 0.4) is 0 Å². The summed E-state index contributed by atoms with van der Waals surface area (Å²) in [6, 6.07) is 6.04. The minimum absolute atomic E-state index is 0.00204. The predicted molar refractivity (Wildman–Crippen MR) is 79.6 cm³/mol. The molecule has 110 valence electrons. The fourth-order valence-corrected chi connectivity index (χ4v) is 3.25. The SMILES string of the molecule is CC(C)n1cc(NS(=O)(=O)c2ccc(C#N)cc2Cl)cn1. The molecule has 8 heteroatoms. The summed E-state index contributed by atoms with van der Waals surface area (Å²) in [6.07, 6.45) is 3.02. The molecule has 0 saturated heterocycles. The molecule has 1 N–H and O–H groups in total. The molecule has 2 aromatic rings. The van der Waals surface area contributed by atoms with Gasteiger partial charge >= 0.3 is 0 Å². The summed E-state index contributed by atoms with van der Waals surface area (Å²) in [5.74, 6) is 0. The van der Waals surface area contributed by atoms with Gasteiger partial charge in [-0.2, -0.15) is 10.4 Å². The average molecular weight is 325 g/mol. The molecule has 2 rings (SSSR count). The summed E-state index contributed by atoms with van der Waals surface area (Å²) in [7, 11) is -3.83. The highest BCUT2D eigenvalue weighted by Gasteiger charge is 2.19. The Bertz CT molecular complexity index is 806. The Morgan fingerprint density at radius 2 is 2.14 bits per heavy atom. The van der Waals surface area contributed by atoms with Crippen molar-refractivity contribution in [2.75, 3.05) is 4.72 Å². The van der Waals surface area contributed by atoms with Crippen molar-refractivity contribution in [3.8, 4) is 6.07 Å². The van der Waals surface area contributed by atoms with Crippen molar-refractivity contribution in [1.82, 2.24) is 9.78 Å². The van der Waals surface area contributed by atoms with Crippen molar-refractivity contribution in [1.29, 1.82) is 5.26 Å². The Labute approximate surface area is 128 Å². The summed E-state index contributed by atoms with van der Waals surface area (Å²) in [5.41, 5.74) is 0.649. The molecule has 0 atom stereocenters. The Balaban J connectivity index is 2.32. The molecule has 0 radical (unpaired) electrons. The van der Waals surface area contributed by atoms with Crippen LogP contribution in [-0.4, -0.2) is 18.2 Å². The van der Waals surface area contributed by atoms with Crippen LogP contribution < -0.4 is 4.72 Å².